The Morgan fingerprint density at radius 2 is 2.20 bits per heavy atom. The van der Waals surface area contributed by atoms with Crippen molar-refractivity contribution in [3.8, 4) is 5.88 Å². The summed E-state index contributed by atoms with van der Waals surface area (Å²) in [4.78, 5) is 14.5. The van der Waals surface area contributed by atoms with Gasteiger partial charge in [-0.05, 0) is 33.6 Å². The maximum absolute atomic E-state index is 10.8. The minimum atomic E-state index is -0.426. The monoisotopic (exact) mass is 337 g/mol. The largest absolute Gasteiger partial charge is 0.481 e. The molecule has 0 aliphatic heterocycles. The van der Waals surface area contributed by atoms with Gasteiger partial charge in [-0.15, -0.1) is 0 Å². The van der Waals surface area contributed by atoms with Crippen molar-refractivity contribution in [2.24, 2.45) is 0 Å². The zero-order valence-corrected chi connectivity index (χ0v) is 12.3. The molecule has 1 aromatic carbocycles. The minimum Gasteiger partial charge on any atom is -0.481 e. The number of methoxy groups -OCH3 is 1. The molecule has 2 aromatic rings. The van der Waals surface area contributed by atoms with Gasteiger partial charge in [-0.1, -0.05) is 6.07 Å². The van der Waals surface area contributed by atoms with E-state index in [0.717, 1.165) is 5.56 Å². The molecule has 0 atom stereocenters. The molecule has 0 aliphatic carbocycles. The van der Waals surface area contributed by atoms with Gasteiger partial charge in [0, 0.05) is 30.6 Å². The van der Waals surface area contributed by atoms with Crippen molar-refractivity contribution in [3.63, 3.8) is 0 Å². The molecule has 0 unspecified atom stereocenters. The third kappa shape index (κ3) is 3.45. The number of hydrogen-bond donors (Lipinski definition) is 1. The van der Waals surface area contributed by atoms with E-state index in [2.05, 4.69) is 26.2 Å². The SMILES string of the molecule is COc1ccc(CNc2ccc(Br)c([N+](=O)[O-])c2)cn1. The van der Waals surface area contributed by atoms with E-state index >= 15 is 0 Å². The first-order chi connectivity index (χ1) is 9.60. The summed E-state index contributed by atoms with van der Waals surface area (Å²) in [6.45, 7) is 0.524. The molecule has 0 amide bonds. The lowest BCUT2D eigenvalue weighted by Crippen LogP contribution is -2.01. The van der Waals surface area contributed by atoms with Crippen LogP contribution in [0.5, 0.6) is 5.88 Å². The van der Waals surface area contributed by atoms with Crippen LogP contribution in [0.1, 0.15) is 5.56 Å². The predicted octanol–water partition coefficient (Wildman–Crippen LogP) is 3.37. The fourth-order valence-electron chi connectivity index (χ4n) is 1.60. The van der Waals surface area contributed by atoms with Gasteiger partial charge in [0.15, 0.2) is 0 Å². The van der Waals surface area contributed by atoms with E-state index in [1.807, 2.05) is 6.07 Å². The molecule has 0 saturated heterocycles. The Kier molecular flexibility index (Phi) is 4.52. The van der Waals surface area contributed by atoms with Gasteiger partial charge in [0.2, 0.25) is 5.88 Å². The van der Waals surface area contributed by atoms with Crippen LogP contribution in [-0.2, 0) is 6.54 Å². The molecule has 0 bridgehead atoms. The highest BCUT2D eigenvalue weighted by Crippen LogP contribution is 2.28. The lowest BCUT2D eigenvalue weighted by Gasteiger charge is -2.07. The van der Waals surface area contributed by atoms with Crippen LogP contribution in [0, 0.1) is 10.1 Å². The highest BCUT2D eigenvalue weighted by molar-refractivity contribution is 9.10. The Morgan fingerprint density at radius 1 is 1.40 bits per heavy atom. The molecule has 20 heavy (non-hydrogen) atoms. The topological polar surface area (TPSA) is 77.3 Å². The highest BCUT2D eigenvalue weighted by Gasteiger charge is 2.12. The van der Waals surface area contributed by atoms with Crippen molar-refractivity contribution in [1.82, 2.24) is 4.98 Å². The smallest absolute Gasteiger partial charge is 0.285 e. The van der Waals surface area contributed by atoms with Gasteiger partial charge in [0.05, 0.1) is 16.5 Å². The maximum Gasteiger partial charge on any atom is 0.285 e. The number of ether oxygens (including phenoxy) is 1. The Hall–Kier alpha value is -2.15. The molecule has 0 fully saturated rings. The number of halogens is 1. The second kappa shape index (κ2) is 6.33. The van der Waals surface area contributed by atoms with Crippen LogP contribution in [0.3, 0.4) is 0 Å². The third-order valence-electron chi connectivity index (χ3n) is 2.65. The summed E-state index contributed by atoms with van der Waals surface area (Å²) in [5, 5.41) is 14.0. The van der Waals surface area contributed by atoms with Crippen LogP contribution in [0.25, 0.3) is 0 Å². The molecule has 7 heteroatoms. The zero-order chi connectivity index (χ0) is 14.5. The number of anilines is 1. The van der Waals surface area contributed by atoms with Crippen LogP contribution in [0.4, 0.5) is 11.4 Å². The highest BCUT2D eigenvalue weighted by atomic mass is 79.9. The van der Waals surface area contributed by atoms with Crippen LogP contribution in [0.2, 0.25) is 0 Å². The van der Waals surface area contributed by atoms with E-state index in [1.165, 1.54) is 6.07 Å². The normalized spacial score (nSPS) is 10.1. The Labute approximate surface area is 124 Å². The standard InChI is InChI=1S/C13H12BrN3O3/c1-20-13-5-2-9(8-16-13)7-15-10-3-4-11(14)12(6-10)17(18)19/h2-6,8,15H,7H2,1H3. The molecule has 0 radical (unpaired) electrons. The second-order valence-corrected chi connectivity index (χ2v) is 4.84. The van der Waals surface area contributed by atoms with E-state index in [4.69, 9.17) is 4.74 Å². The van der Waals surface area contributed by atoms with Crippen molar-refractivity contribution < 1.29 is 9.66 Å². The molecule has 0 saturated carbocycles. The molecular formula is C13H12BrN3O3. The van der Waals surface area contributed by atoms with Gasteiger partial charge >= 0.3 is 0 Å². The van der Waals surface area contributed by atoms with Crippen molar-refractivity contribution >= 4 is 27.3 Å². The molecule has 1 N–H and O–H groups in total. The zero-order valence-electron chi connectivity index (χ0n) is 10.7. The van der Waals surface area contributed by atoms with Gasteiger partial charge in [0.1, 0.15) is 0 Å². The summed E-state index contributed by atoms with van der Waals surface area (Å²) in [7, 11) is 1.56. The average molecular weight is 338 g/mol. The van der Waals surface area contributed by atoms with Crippen LogP contribution in [0.15, 0.2) is 41.0 Å². The third-order valence-corrected chi connectivity index (χ3v) is 3.32. The first-order valence-electron chi connectivity index (χ1n) is 5.77. The average Bonchev–Trinajstić information content (AvgIpc) is 2.46. The number of benzene rings is 1. The van der Waals surface area contributed by atoms with Gasteiger partial charge < -0.3 is 10.1 Å². The maximum atomic E-state index is 10.8. The lowest BCUT2D eigenvalue weighted by molar-refractivity contribution is -0.385. The fraction of sp³-hybridized carbons (Fsp3) is 0.154. The van der Waals surface area contributed by atoms with Crippen molar-refractivity contribution in [2.45, 2.75) is 6.54 Å². The fourth-order valence-corrected chi connectivity index (χ4v) is 1.99. The molecular weight excluding hydrogens is 326 g/mol. The molecule has 0 spiro atoms. The quantitative estimate of drug-likeness (QED) is 0.668. The van der Waals surface area contributed by atoms with E-state index in [9.17, 15) is 10.1 Å². The summed E-state index contributed by atoms with van der Waals surface area (Å²) in [6, 6.07) is 8.55. The Morgan fingerprint density at radius 3 is 2.80 bits per heavy atom. The van der Waals surface area contributed by atoms with Gasteiger partial charge in [-0.3, -0.25) is 10.1 Å². The summed E-state index contributed by atoms with van der Waals surface area (Å²) < 4.78 is 5.43. The summed E-state index contributed by atoms with van der Waals surface area (Å²) >= 11 is 3.15. The molecule has 2 rings (SSSR count). The van der Waals surface area contributed by atoms with E-state index < -0.39 is 4.92 Å². The molecule has 1 heterocycles. The number of nitrogens with zero attached hydrogens (tertiary/aromatic N) is 2. The molecule has 104 valence electrons. The number of hydrogen-bond acceptors (Lipinski definition) is 5. The second-order valence-electron chi connectivity index (χ2n) is 3.99. The first-order valence-corrected chi connectivity index (χ1v) is 6.56. The molecule has 1 aromatic heterocycles. The van der Waals surface area contributed by atoms with Gasteiger partial charge in [0.25, 0.3) is 5.69 Å². The number of rotatable bonds is 5. The van der Waals surface area contributed by atoms with E-state index in [0.29, 0.717) is 22.6 Å². The number of nitro benzene ring substituents is 1. The molecule has 6 nitrogen and oxygen atoms in total. The number of nitrogens with one attached hydrogen (secondary N) is 1. The molecule has 0 aliphatic rings. The van der Waals surface area contributed by atoms with Crippen LogP contribution in [-0.4, -0.2) is 17.0 Å². The number of aromatic nitrogens is 1. The van der Waals surface area contributed by atoms with Crippen molar-refractivity contribution in [2.75, 3.05) is 12.4 Å². The summed E-state index contributed by atoms with van der Waals surface area (Å²) in [6.07, 6.45) is 1.69. The Bertz CT molecular complexity index is 617. The van der Waals surface area contributed by atoms with Crippen molar-refractivity contribution in [3.05, 3.63) is 56.7 Å². The summed E-state index contributed by atoms with van der Waals surface area (Å²) in [5.41, 5.74) is 1.66. The first kappa shape index (κ1) is 14.3. The van der Waals surface area contributed by atoms with Gasteiger partial charge in [-0.2, -0.15) is 0 Å². The van der Waals surface area contributed by atoms with Crippen LogP contribution >= 0.6 is 15.9 Å². The van der Waals surface area contributed by atoms with Gasteiger partial charge in [-0.25, -0.2) is 4.98 Å². The lowest BCUT2D eigenvalue weighted by atomic mass is 10.2. The Balaban J connectivity index is 2.06. The predicted molar refractivity (Wildman–Crippen MR) is 78.9 cm³/mol. The van der Waals surface area contributed by atoms with Crippen LogP contribution < -0.4 is 10.1 Å². The number of nitro groups is 1. The summed E-state index contributed by atoms with van der Waals surface area (Å²) in [5.74, 6) is 0.549. The van der Waals surface area contributed by atoms with Crippen molar-refractivity contribution in [1.29, 1.82) is 0 Å². The van der Waals surface area contributed by atoms with E-state index in [1.54, 1.807) is 31.5 Å². The number of pyridine rings is 1. The minimum absolute atomic E-state index is 0.0304. The van der Waals surface area contributed by atoms with E-state index in [-0.39, 0.29) is 5.69 Å².